The molecule has 36 heavy (non-hydrogen) atoms. The van der Waals surface area contributed by atoms with Gasteiger partial charge in [0.1, 0.15) is 0 Å². The molecule has 0 aliphatic carbocycles. The molecule has 0 saturated carbocycles. The van der Waals surface area contributed by atoms with Gasteiger partial charge in [-0.1, -0.05) is 11.6 Å². The lowest BCUT2D eigenvalue weighted by atomic mass is 10.1. The molecular weight excluding hydrogens is 470 g/mol. The number of carbonyl (C=O) groups is 1. The van der Waals surface area contributed by atoms with Crippen LogP contribution < -0.4 is 16.0 Å². The summed E-state index contributed by atoms with van der Waals surface area (Å²) in [4.78, 5) is 22.1. The summed E-state index contributed by atoms with van der Waals surface area (Å²) in [6, 6.07) is 26.3. The standard InChI is InChI=1S/C29H24ClN5O/c1-34-16-13-25(14-17-34)31-22-8-10-24(11-9-22)33-29(36)20-3-6-23(7-4-20)32-27-15-18-35(2)28-19-21(30)5-12-26(27)28/h3-19H,1-2H3,(H,33,36). The Balaban J connectivity index is 1.32. The third-order valence-electron chi connectivity index (χ3n) is 5.80. The highest BCUT2D eigenvalue weighted by atomic mass is 35.5. The third-order valence-corrected chi connectivity index (χ3v) is 6.03. The minimum Gasteiger partial charge on any atom is -0.357 e. The molecule has 6 nitrogen and oxygen atoms in total. The van der Waals surface area contributed by atoms with Crippen LogP contribution in [0.5, 0.6) is 0 Å². The first-order valence-electron chi connectivity index (χ1n) is 11.4. The lowest BCUT2D eigenvalue weighted by molar-refractivity contribution is 0.102. The molecule has 0 radical (unpaired) electrons. The van der Waals surface area contributed by atoms with E-state index < -0.39 is 0 Å². The van der Waals surface area contributed by atoms with Gasteiger partial charge in [0.2, 0.25) is 0 Å². The maximum Gasteiger partial charge on any atom is 0.255 e. The zero-order chi connectivity index (χ0) is 25.1. The highest BCUT2D eigenvalue weighted by molar-refractivity contribution is 6.31. The van der Waals surface area contributed by atoms with Gasteiger partial charge in [0.15, 0.2) is 0 Å². The molecule has 0 saturated heterocycles. The molecule has 0 bridgehead atoms. The van der Waals surface area contributed by atoms with Crippen LogP contribution in [0.2, 0.25) is 5.02 Å². The van der Waals surface area contributed by atoms with E-state index in [4.69, 9.17) is 16.6 Å². The van der Waals surface area contributed by atoms with Crippen molar-refractivity contribution in [2.45, 2.75) is 0 Å². The van der Waals surface area contributed by atoms with Gasteiger partial charge in [-0.15, -0.1) is 0 Å². The molecule has 1 amide bonds. The number of rotatable bonds is 4. The minimum absolute atomic E-state index is 0.186. The molecule has 0 aliphatic heterocycles. The van der Waals surface area contributed by atoms with E-state index in [2.05, 4.69) is 10.3 Å². The van der Waals surface area contributed by atoms with Crippen LogP contribution in [0, 0.1) is 0 Å². The number of fused-ring (bicyclic) bond motifs is 1. The zero-order valence-electron chi connectivity index (χ0n) is 19.9. The van der Waals surface area contributed by atoms with E-state index in [0.717, 1.165) is 33.0 Å². The van der Waals surface area contributed by atoms with Crippen molar-refractivity contribution in [2.24, 2.45) is 24.1 Å². The fourth-order valence-electron chi connectivity index (χ4n) is 3.83. The quantitative estimate of drug-likeness (QED) is 0.333. The van der Waals surface area contributed by atoms with E-state index in [0.29, 0.717) is 16.3 Å². The molecule has 0 unspecified atom stereocenters. The number of nitrogens with zero attached hydrogens (tertiary/aromatic N) is 4. The molecule has 2 heterocycles. The van der Waals surface area contributed by atoms with Gasteiger partial charge in [0, 0.05) is 54.3 Å². The molecule has 0 spiro atoms. The predicted molar refractivity (Wildman–Crippen MR) is 145 cm³/mol. The normalized spacial score (nSPS) is 11.5. The van der Waals surface area contributed by atoms with Crippen molar-refractivity contribution < 1.29 is 4.79 Å². The summed E-state index contributed by atoms with van der Waals surface area (Å²) >= 11 is 6.17. The molecule has 0 aliphatic rings. The van der Waals surface area contributed by atoms with E-state index in [1.807, 2.05) is 115 Å². The maximum atomic E-state index is 12.8. The van der Waals surface area contributed by atoms with Crippen molar-refractivity contribution in [1.82, 2.24) is 9.13 Å². The Morgan fingerprint density at radius 3 is 2.17 bits per heavy atom. The van der Waals surface area contributed by atoms with Gasteiger partial charge < -0.3 is 14.5 Å². The third kappa shape index (κ3) is 5.29. The first-order valence-corrected chi connectivity index (χ1v) is 11.8. The zero-order valence-corrected chi connectivity index (χ0v) is 20.6. The molecule has 178 valence electrons. The fraction of sp³-hybridized carbons (Fsp3) is 0.0690. The Hall–Kier alpha value is -4.42. The highest BCUT2D eigenvalue weighted by Gasteiger charge is 2.07. The van der Waals surface area contributed by atoms with E-state index >= 15 is 0 Å². The number of anilines is 1. The minimum atomic E-state index is -0.186. The molecule has 2 aromatic heterocycles. The van der Waals surface area contributed by atoms with Crippen LogP contribution >= 0.6 is 11.6 Å². The SMILES string of the molecule is Cn1ccc(=Nc2ccc(NC(=O)c3ccc(N=c4ccn(C)c5cc(Cl)ccc45)cc3)cc2)cc1. The second-order valence-electron chi connectivity index (χ2n) is 8.47. The van der Waals surface area contributed by atoms with Crippen LogP contribution in [-0.4, -0.2) is 15.0 Å². The van der Waals surface area contributed by atoms with Crippen molar-refractivity contribution in [3.63, 3.8) is 0 Å². The molecule has 5 rings (SSSR count). The van der Waals surface area contributed by atoms with Crippen LogP contribution in [0.4, 0.5) is 17.1 Å². The number of pyridine rings is 2. The lowest BCUT2D eigenvalue weighted by Gasteiger charge is -2.07. The number of aromatic nitrogens is 2. The molecule has 0 atom stereocenters. The monoisotopic (exact) mass is 493 g/mol. The number of amides is 1. The van der Waals surface area contributed by atoms with Crippen molar-refractivity contribution in [3.05, 3.63) is 125 Å². The van der Waals surface area contributed by atoms with Crippen LogP contribution in [-0.2, 0) is 14.1 Å². The molecular formula is C29H24ClN5O. The number of hydrogen-bond acceptors (Lipinski definition) is 3. The van der Waals surface area contributed by atoms with Crippen molar-refractivity contribution in [1.29, 1.82) is 0 Å². The number of carbonyl (C=O) groups excluding carboxylic acids is 1. The van der Waals surface area contributed by atoms with Gasteiger partial charge in [0.05, 0.1) is 27.6 Å². The van der Waals surface area contributed by atoms with E-state index in [1.54, 1.807) is 12.1 Å². The fourth-order valence-corrected chi connectivity index (χ4v) is 4.00. The Bertz CT molecular complexity index is 1680. The van der Waals surface area contributed by atoms with E-state index in [-0.39, 0.29) is 5.91 Å². The average Bonchev–Trinajstić information content (AvgIpc) is 2.89. The summed E-state index contributed by atoms with van der Waals surface area (Å²) in [6.45, 7) is 0. The Morgan fingerprint density at radius 1 is 0.778 bits per heavy atom. The van der Waals surface area contributed by atoms with Crippen molar-refractivity contribution in [3.8, 4) is 0 Å². The van der Waals surface area contributed by atoms with Crippen LogP contribution in [0.1, 0.15) is 10.4 Å². The van der Waals surface area contributed by atoms with Gasteiger partial charge in [-0.2, -0.15) is 0 Å². The number of nitrogens with one attached hydrogen (secondary N) is 1. The number of halogens is 1. The Labute approximate surface area is 213 Å². The van der Waals surface area contributed by atoms with Gasteiger partial charge in [-0.3, -0.25) is 4.79 Å². The van der Waals surface area contributed by atoms with Gasteiger partial charge in [-0.25, -0.2) is 9.98 Å². The molecule has 3 aromatic carbocycles. The van der Waals surface area contributed by atoms with Crippen LogP contribution in [0.25, 0.3) is 10.9 Å². The number of benzene rings is 3. The number of aryl methyl sites for hydroxylation is 2. The summed E-state index contributed by atoms with van der Waals surface area (Å²) in [6.07, 6.45) is 5.85. The number of hydrogen-bond donors (Lipinski definition) is 1. The second-order valence-corrected chi connectivity index (χ2v) is 8.90. The van der Waals surface area contributed by atoms with Crippen LogP contribution in [0.3, 0.4) is 0 Å². The molecule has 1 N–H and O–H groups in total. The predicted octanol–water partition coefficient (Wildman–Crippen LogP) is 5.89. The summed E-state index contributed by atoms with van der Waals surface area (Å²) < 4.78 is 3.97. The van der Waals surface area contributed by atoms with E-state index in [1.165, 1.54) is 0 Å². The largest absolute Gasteiger partial charge is 0.357 e. The summed E-state index contributed by atoms with van der Waals surface area (Å²) in [5, 5.41) is 6.33. The van der Waals surface area contributed by atoms with Crippen molar-refractivity contribution >= 4 is 45.5 Å². The average molecular weight is 494 g/mol. The maximum absolute atomic E-state index is 12.8. The van der Waals surface area contributed by atoms with E-state index in [9.17, 15) is 4.79 Å². The van der Waals surface area contributed by atoms with Crippen molar-refractivity contribution in [2.75, 3.05) is 5.32 Å². The highest BCUT2D eigenvalue weighted by Crippen LogP contribution is 2.19. The van der Waals surface area contributed by atoms with Gasteiger partial charge in [0.25, 0.3) is 5.91 Å². The lowest BCUT2D eigenvalue weighted by Crippen LogP contribution is -2.11. The summed E-state index contributed by atoms with van der Waals surface area (Å²) in [5.41, 5.74) is 3.83. The Kier molecular flexibility index (Phi) is 6.52. The molecule has 0 fully saturated rings. The van der Waals surface area contributed by atoms with Gasteiger partial charge in [-0.05, 0) is 84.9 Å². The smallest absolute Gasteiger partial charge is 0.255 e. The van der Waals surface area contributed by atoms with Gasteiger partial charge >= 0.3 is 0 Å². The Morgan fingerprint density at radius 2 is 1.44 bits per heavy atom. The molecule has 5 aromatic rings. The topological polar surface area (TPSA) is 63.7 Å². The second kappa shape index (κ2) is 10.1. The summed E-state index contributed by atoms with van der Waals surface area (Å²) in [7, 11) is 3.94. The molecule has 7 heteroatoms. The first-order chi connectivity index (χ1) is 17.4. The summed E-state index contributed by atoms with van der Waals surface area (Å²) in [5.74, 6) is -0.186. The first kappa shape index (κ1) is 23.3. The van der Waals surface area contributed by atoms with Crippen LogP contribution in [0.15, 0.2) is 114 Å².